The van der Waals surface area contributed by atoms with E-state index in [0.29, 0.717) is 17.0 Å². The highest BCUT2D eigenvalue weighted by atomic mass is 16.5. The van der Waals surface area contributed by atoms with E-state index in [0.717, 1.165) is 16.5 Å². The van der Waals surface area contributed by atoms with E-state index in [9.17, 15) is 9.90 Å². The van der Waals surface area contributed by atoms with Crippen molar-refractivity contribution in [2.75, 3.05) is 5.32 Å². The molecule has 0 saturated heterocycles. The van der Waals surface area contributed by atoms with Gasteiger partial charge in [-0.05, 0) is 49.2 Å². The highest BCUT2D eigenvalue weighted by molar-refractivity contribution is 5.95. The molecule has 0 aliphatic carbocycles. The predicted octanol–water partition coefficient (Wildman–Crippen LogP) is 3.33. The Hall–Kier alpha value is -2.82. The van der Waals surface area contributed by atoms with Crippen molar-refractivity contribution in [3.05, 3.63) is 53.2 Å². The molecule has 0 spiro atoms. The summed E-state index contributed by atoms with van der Waals surface area (Å²) in [5, 5.41) is 17.0. The molecule has 1 heterocycles. The van der Waals surface area contributed by atoms with E-state index >= 15 is 0 Å². The Bertz CT molecular complexity index is 852. The van der Waals surface area contributed by atoms with E-state index in [1.165, 1.54) is 6.07 Å². The molecule has 22 heavy (non-hydrogen) atoms. The Balaban J connectivity index is 1.81. The van der Waals surface area contributed by atoms with E-state index in [4.69, 9.17) is 4.52 Å². The van der Waals surface area contributed by atoms with E-state index < -0.39 is 0 Å². The number of carbonyl (C=O) groups excluding carboxylic acids is 1. The average molecular weight is 296 g/mol. The van der Waals surface area contributed by atoms with Gasteiger partial charge in [-0.2, -0.15) is 0 Å². The van der Waals surface area contributed by atoms with Gasteiger partial charge in [0.05, 0.1) is 6.42 Å². The fourth-order valence-electron chi connectivity index (χ4n) is 2.31. The molecule has 0 unspecified atom stereocenters. The van der Waals surface area contributed by atoms with Gasteiger partial charge in [0.25, 0.3) is 0 Å². The second-order valence-electron chi connectivity index (χ2n) is 5.34. The van der Waals surface area contributed by atoms with Crippen LogP contribution in [-0.2, 0) is 11.2 Å². The number of benzene rings is 2. The summed E-state index contributed by atoms with van der Waals surface area (Å²) < 4.78 is 5.29. The Morgan fingerprint density at radius 3 is 2.77 bits per heavy atom. The Labute approximate surface area is 127 Å². The zero-order valence-electron chi connectivity index (χ0n) is 12.4. The van der Waals surface area contributed by atoms with Crippen molar-refractivity contribution in [3.8, 4) is 5.75 Å². The van der Waals surface area contributed by atoms with Crippen molar-refractivity contribution in [2.45, 2.75) is 20.3 Å². The zero-order chi connectivity index (χ0) is 15.7. The Morgan fingerprint density at radius 1 is 1.23 bits per heavy atom. The first-order valence-corrected chi connectivity index (χ1v) is 6.97. The predicted molar refractivity (Wildman–Crippen MR) is 83.9 cm³/mol. The van der Waals surface area contributed by atoms with Gasteiger partial charge in [-0.15, -0.1) is 0 Å². The van der Waals surface area contributed by atoms with E-state index in [2.05, 4.69) is 10.5 Å². The zero-order valence-corrected chi connectivity index (χ0v) is 12.4. The van der Waals surface area contributed by atoms with Gasteiger partial charge in [0.1, 0.15) is 11.4 Å². The molecule has 0 radical (unpaired) electrons. The lowest BCUT2D eigenvalue weighted by atomic mass is 10.1. The van der Waals surface area contributed by atoms with Crippen molar-refractivity contribution in [3.63, 3.8) is 0 Å². The molecular formula is C17H16N2O3. The summed E-state index contributed by atoms with van der Waals surface area (Å²) in [6, 6.07) is 10.3. The van der Waals surface area contributed by atoms with Crippen LogP contribution in [0.25, 0.3) is 11.0 Å². The molecule has 5 nitrogen and oxygen atoms in total. The number of aryl methyl sites for hydroxylation is 2. The van der Waals surface area contributed by atoms with Crippen LogP contribution in [0.2, 0.25) is 0 Å². The fraction of sp³-hybridized carbons (Fsp3) is 0.176. The lowest BCUT2D eigenvalue weighted by Crippen LogP contribution is -2.14. The number of anilines is 1. The van der Waals surface area contributed by atoms with Crippen molar-refractivity contribution in [1.29, 1.82) is 0 Å². The molecule has 1 aromatic heterocycles. The summed E-state index contributed by atoms with van der Waals surface area (Å²) in [4.78, 5) is 12.1. The number of phenolic OH excluding ortho intramolecular Hbond substituents is 1. The second kappa shape index (κ2) is 5.52. The summed E-state index contributed by atoms with van der Waals surface area (Å²) in [6.45, 7) is 4.02. The van der Waals surface area contributed by atoms with Gasteiger partial charge in [0.2, 0.25) is 5.91 Å². The molecule has 5 heteroatoms. The quantitative estimate of drug-likeness (QED) is 0.777. The maximum absolute atomic E-state index is 12.1. The average Bonchev–Trinajstić information content (AvgIpc) is 2.81. The molecule has 3 aromatic rings. The molecule has 112 valence electrons. The lowest BCUT2D eigenvalue weighted by Gasteiger charge is -2.04. The van der Waals surface area contributed by atoms with Gasteiger partial charge < -0.3 is 14.9 Å². The SMILES string of the molecule is Cc1cc2onc(CC(=O)Nc3cccc(O)c3)c2cc1C. The number of fused-ring (bicyclic) bond motifs is 1. The Kier molecular flexibility index (Phi) is 3.55. The third-order valence-corrected chi connectivity index (χ3v) is 3.62. The standard InChI is InChI=1S/C17H16N2O3/c1-10-6-14-15(19-22-16(14)7-11(10)2)9-17(21)18-12-4-3-5-13(20)8-12/h3-8,20H,9H2,1-2H3,(H,18,21). The van der Waals surface area contributed by atoms with Crippen LogP contribution in [-0.4, -0.2) is 16.2 Å². The molecule has 0 aliphatic heterocycles. The van der Waals surface area contributed by atoms with Gasteiger partial charge in [0, 0.05) is 17.1 Å². The van der Waals surface area contributed by atoms with Gasteiger partial charge >= 0.3 is 0 Å². The van der Waals surface area contributed by atoms with Gasteiger partial charge in [0.15, 0.2) is 5.58 Å². The van der Waals surface area contributed by atoms with Crippen LogP contribution in [0.3, 0.4) is 0 Å². The Morgan fingerprint density at radius 2 is 2.00 bits per heavy atom. The maximum Gasteiger partial charge on any atom is 0.230 e. The first-order chi connectivity index (χ1) is 10.5. The lowest BCUT2D eigenvalue weighted by molar-refractivity contribution is -0.115. The third kappa shape index (κ3) is 2.79. The number of nitrogens with one attached hydrogen (secondary N) is 1. The number of amides is 1. The van der Waals surface area contributed by atoms with Crippen molar-refractivity contribution in [2.24, 2.45) is 0 Å². The fourth-order valence-corrected chi connectivity index (χ4v) is 2.31. The highest BCUT2D eigenvalue weighted by Gasteiger charge is 2.13. The number of rotatable bonds is 3. The highest BCUT2D eigenvalue weighted by Crippen LogP contribution is 2.23. The van der Waals surface area contributed by atoms with Crippen LogP contribution >= 0.6 is 0 Å². The molecule has 0 saturated carbocycles. The molecule has 2 N–H and O–H groups in total. The van der Waals surface area contributed by atoms with Crippen molar-refractivity contribution in [1.82, 2.24) is 5.16 Å². The summed E-state index contributed by atoms with van der Waals surface area (Å²) in [5.41, 5.74) is 4.09. The van der Waals surface area contributed by atoms with Gasteiger partial charge in [-0.1, -0.05) is 11.2 Å². The van der Waals surface area contributed by atoms with Crippen LogP contribution in [0.1, 0.15) is 16.8 Å². The molecule has 0 atom stereocenters. The normalized spacial score (nSPS) is 10.8. The first kappa shape index (κ1) is 14.1. The third-order valence-electron chi connectivity index (χ3n) is 3.62. The topological polar surface area (TPSA) is 75.4 Å². The van der Waals surface area contributed by atoms with E-state index in [-0.39, 0.29) is 18.1 Å². The molecule has 3 rings (SSSR count). The number of phenols is 1. The van der Waals surface area contributed by atoms with Gasteiger partial charge in [-0.25, -0.2) is 0 Å². The summed E-state index contributed by atoms with van der Waals surface area (Å²) in [7, 11) is 0. The van der Waals surface area contributed by atoms with Crippen LogP contribution in [0, 0.1) is 13.8 Å². The molecule has 1 amide bonds. The minimum atomic E-state index is -0.209. The first-order valence-electron chi connectivity index (χ1n) is 6.97. The minimum Gasteiger partial charge on any atom is -0.508 e. The van der Waals surface area contributed by atoms with Crippen molar-refractivity contribution >= 4 is 22.6 Å². The summed E-state index contributed by atoms with van der Waals surface area (Å²) in [6.07, 6.45) is 0.116. The molecule has 0 bridgehead atoms. The van der Waals surface area contributed by atoms with Crippen LogP contribution in [0.4, 0.5) is 5.69 Å². The van der Waals surface area contributed by atoms with Gasteiger partial charge in [-0.3, -0.25) is 4.79 Å². The molecule has 0 fully saturated rings. The number of aromatic hydroxyl groups is 1. The van der Waals surface area contributed by atoms with Crippen molar-refractivity contribution < 1.29 is 14.4 Å². The molecule has 0 aliphatic rings. The summed E-state index contributed by atoms with van der Waals surface area (Å²) in [5.74, 6) is -0.102. The monoisotopic (exact) mass is 296 g/mol. The minimum absolute atomic E-state index is 0.107. The largest absolute Gasteiger partial charge is 0.508 e. The van der Waals surface area contributed by atoms with E-state index in [1.807, 2.05) is 26.0 Å². The maximum atomic E-state index is 12.1. The molecular weight excluding hydrogens is 280 g/mol. The van der Waals surface area contributed by atoms with Crippen LogP contribution in [0.5, 0.6) is 5.75 Å². The number of aromatic nitrogens is 1. The van der Waals surface area contributed by atoms with Crippen LogP contribution < -0.4 is 5.32 Å². The number of nitrogens with zero attached hydrogens (tertiary/aromatic N) is 1. The second-order valence-corrected chi connectivity index (χ2v) is 5.34. The van der Waals surface area contributed by atoms with E-state index in [1.54, 1.807) is 18.2 Å². The molecule has 2 aromatic carbocycles. The number of carbonyl (C=O) groups is 1. The summed E-state index contributed by atoms with van der Waals surface area (Å²) >= 11 is 0. The number of hydrogen-bond donors (Lipinski definition) is 2. The van der Waals surface area contributed by atoms with Crippen LogP contribution in [0.15, 0.2) is 40.9 Å². The smallest absolute Gasteiger partial charge is 0.230 e. The number of hydrogen-bond acceptors (Lipinski definition) is 4.